The third-order valence-corrected chi connectivity index (χ3v) is 3.08. The molecule has 2 heterocycles. The minimum atomic E-state index is 0. The summed E-state index contributed by atoms with van der Waals surface area (Å²) in [7, 11) is 1.88. The van der Waals surface area contributed by atoms with Crippen molar-refractivity contribution in [2.24, 2.45) is 7.05 Å². The van der Waals surface area contributed by atoms with Gasteiger partial charge in [0.1, 0.15) is 12.1 Å². The maximum Gasteiger partial charge on any atom is 0.163 e. The molecule has 0 radical (unpaired) electrons. The molecule has 6 heteroatoms. The van der Waals surface area contributed by atoms with Gasteiger partial charge < -0.3 is 5.32 Å². The van der Waals surface area contributed by atoms with Gasteiger partial charge >= 0.3 is 0 Å². The van der Waals surface area contributed by atoms with Gasteiger partial charge in [-0.1, -0.05) is 30.3 Å². The molecule has 0 atom stereocenters. The number of nitrogens with one attached hydrogen (secondary N) is 1. The maximum absolute atomic E-state index is 4.28. The Kier molecular flexibility index (Phi) is 4.53. The minimum Gasteiger partial charge on any atom is -0.369 e. The van der Waals surface area contributed by atoms with E-state index in [1.807, 2.05) is 13.1 Å². The van der Waals surface area contributed by atoms with Gasteiger partial charge in [-0.05, 0) is 12.0 Å². The van der Waals surface area contributed by atoms with Crippen LogP contribution in [-0.2, 0) is 13.5 Å². The zero-order chi connectivity index (χ0) is 13.1. The van der Waals surface area contributed by atoms with Crippen molar-refractivity contribution in [3.8, 4) is 0 Å². The number of anilines is 1. The highest BCUT2D eigenvalue weighted by Gasteiger charge is 2.06. The number of benzene rings is 1. The summed E-state index contributed by atoms with van der Waals surface area (Å²) in [4.78, 5) is 8.49. The van der Waals surface area contributed by atoms with Gasteiger partial charge in [0.2, 0.25) is 0 Å². The van der Waals surface area contributed by atoms with Crippen LogP contribution < -0.4 is 5.32 Å². The zero-order valence-corrected chi connectivity index (χ0v) is 12.0. The van der Waals surface area contributed by atoms with Crippen LogP contribution in [0.4, 0.5) is 5.82 Å². The topological polar surface area (TPSA) is 55.6 Å². The average Bonchev–Trinajstić information content (AvgIpc) is 2.83. The molecule has 104 valence electrons. The normalized spacial score (nSPS) is 10.2. The van der Waals surface area contributed by atoms with E-state index in [1.165, 1.54) is 5.56 Å². The summed E-state index contributed by atoms with van der Waals surface area (Å²) in [6.07, 6.45) is 4.32. The molecule has 0 fully saturated rings. The Morgan fingerprint density at radius 2 is 1.95 bits per heavy atom. The van der Waals surface area contributed by atoms with Crippen molar-refractivity contribution in [2.45, 2.75) is 6.42 Å². The van der Waals surface area contributed by atoms with Crippen LogP contribution in [0.25, 0.3) is 11.0 Å². The standard InChI is InChI=1S/C14H15N5.ClH/c1-19-14-12(9-18-19)13(16-10-17-14)15-8-7-11-5-3-2-4-6-11;/h2-6,9-10H,7-8H2,1H3,(H,15,16,17);1H. The number of nitrogens with zero attached hydrogens (tertiary/aromatic N) is 4. The van der Waals surface area contributed by atoms with E-state index < -0.39 is 0 Å². The second-order valence-electron chi connectivity index (χ2n) is 4.39. The minimum absolute atomic E-state index is 0. The monoisotopic (exact) mass is 289 g/mol. The number of halogens is 1. The summed E-state index contributed by atoms with van der Waals surface area (Å²) in [6.45, 7) is 0.838. The first-order chi connectivity index (χ1) is 9.34. The molecule has 0 aliphatic carbocycles. The number of fused-ring (bicyclic) bond motifs is 1. The van der Waals surface area contributed by atoms with Gasteiger partial charge in [-0.3, -0.25) is 4.68 Å². The van der Waals surface area contributed by atoms with E-state index in [9.17, 15) is 0 Å². The Balaban J connectivity index is 0.00000147. The van der Waals surface area contributed by atoms with Crippen LogP contribution in [0.15, 0.2) is 42.9 Å². The third kappa shape index (κ3) is 2.88. The highest BCUT2D eigenvalue weighted by atomic mass is 35.5. The summed E-state index contributed by atoms with van der Waals surface area (Å²) in [6, 6.07) is 10.4. The lowest BCUT2D eigenvalue weighted by Crippen LogP contribution is -2.07. The van der Waals surface area contributed by atoms with Crippen LogP contribution in [0, 0.1) is 0 Å². The lowest BCUT2D eigenvalue weighted by molar-refractivity contribution is 0.785. The van der Waals surface area contributed by atoms with Gasteiger partial charge in [0, 0.05) is 13.6 Å². The summed E-state index contributed by atoms with van der Waals surface area (Å²) >= 11 is 0. The number of hydrogen-bond acceptors (Lipinski definition) is 4. The predicted molar refractivity (Wildman–Crippen MR) is 82.2 cm³/mol. The quantitative estimate of drug-likeness (QED) is 0.801. The molecular weight excluding hydrogens is 274 g/mol. The molecule has 0 amide bonds. The number of aromatic nitrogens is 4. The molecule has 0 bridgehead atoms. The van der Waals surface area contributed by atoms with Crippen molar-refractivity contribution >= 4 is 29.3 Å². The molecule has 0 aliphatic rings. The van der Waals surface area contributed by atoms with Crippen molar-refractivity contribution < 1.29 is 0 Å². The molecule has 0 spiro atoms. The Hall–Kier alpha value is -2.14. The van der Waals surface area contributed by atoms with Gasteiger partial charge in [0.05, 0.1) is 11.6 Å². The van der Waals surface area contributed by atoms with Gasteiger partial charge in [-0.2, -0.15) is 5.10 Å². The molecule has 1 aromatic carbocycles. The summed E-state index contributed by atoms with van der Waals surface area (Å²) in [5.74, 6) is 0.842. The average molecular weight is 290 g/mol. The molecule has 0 aliphatic heterocycles. The lowest BCUT2D eigenvalue weighted by Gasteiger charge is -2.06. The fourth-order valence-electron chi connectivity index (χ4n) is 2.07. The van der Waals surface area contributed by atoms with E-state index in [1.54, 1.807) is 17.2 Å². The van der Waals surface area contributed by atoms with Crippen molar-refractivity contribution in [2.75, 3.05) is 11.9 Å². The van der Waals surface area contributed by atoms with E-state index in [4.69, 9.17) is 0 Å². The number of rotatable bonds is 4. The van der Waals surface area contributed by atoms with E-state index >= 15 is 0 Å². The fourth-order valence-corrected chi connectivity index (χ4v) is 2.07. The Labute approximate surface area is 123 Å². The Morgan fingerprint density at radius 1 is 1.15 bits per heavy atom. The largest absolute Gasteiger partial charge is 0.369 e. The van der Waals surface area contributed by atoms with Gasteiger partial charge in [0.25, 0.3) is 0 Å². The highest BCUT2D eigenvalue weighted by Crippen LogP contribution is 2.17. The van der Waals surface area contributed by atoms with Gasteiger partial charge in [-0.15, -0.1) is 12.4 Å². The molecule has 0 saturated heterocycles. The molecule has 5 nitrogen and oxygen atoms in total. The first-order valence-electron chi connectivity index (χ1n) is 6.25. The van der Waals surface area contributed by atoms with Crippen LogP contribution >= 0.6 is 12.4 Å². The van der Waals surface area contributed by atoms with Crippen LogP contribution in [0.5, 0.6) is 0 Å². The van der Waals surface area contributed by atoms with E-state index in [0.29, 0.717) is 0 Å². The summed E-state index contributed by atoms with van der Waals surface area (Å²) in [5, 5.41) is 8.50. The maximum atomic E-state index is 4.28. The molecule has 1 N–H and O–H groups in total. The Bertz CT molecular complexity index is 680. The van der Waals surface area contributed by atoms with E-state index in [0.717, 1.165) is 29.8 Å². The van der Waals surface area contributed by atoms with Crippen LogP contribution in [-0.4, -0.2) is 26.3 Å². The summed E-state index contributed by atoms with van der Waals surface area (Å²) < 4.78 is 1.75. The van der Waals surface area contributed by atoms with Crippen LogP contribution in [0.1, 0.15) is 5.56 Å². The second kappa shape index (κ2) is 6.34. The van der Waals surface area contributed by atoms with Crippen molar-refractivity contribution in [3.63, 3.8) is 0 Å². The first kappa shape index (κ1) is 14.3. The van der Waals surface area contributed by atoms with E-state index in [2.05, 4.69) is 44.6 Å². The van der Waals surface area contributed by atoms with Crippen LogP contribution in [0.2, 0.25) is 0 Å². The molecular formula is C14H16ClN5. The SMILES string of the molecule is Cl.Cn1ncc2c(NCCc3ccccc3)ncnc21. The van der Waals surface area contributed by atoms with Crippen LogP contribution in [0.3, 0.4) is 0 Å². The molecule has 20 heavy (non-hydrogen) atoms. The number of aryl methyl sites for hydroxylation is 1. The smallest absolute Gasteiger partial charge is 0.163 e. The highest BCUT2D eigenvalue weighted by molar-refractivity contribution is 5.86. The molecule has 0 unspecified atom stereocenters. The third-order valence-electron chi connectivity index (χ3n) is 3.08. The van der Waals surface area contributed by atoms with Gasteiger partial charge in [0.15, 0.2) is 5.65 Å². The van der Waals surface area contributed by atoms with E-state index in [-0.39, 0.29) is 12.4 Å². The predicted octanol–water partition coefficient (Wildman–Crippen LogP) is 2.44. The summed E-state index contributed by atoms with van der Waals surface area (Å²) in [5.41, 5.74) is 2.16. The number of hydrogen-bond donors (Lipinski definition) is 1. The molecule has 3 aromatic rings. The van der Waals surface area contributed by atoms with Crippen molar-refractivity contribution in [1.29, 1.82) is 0 Å². The fraction of sp³-hybridized carbons (Fsp3) is 0.214. The van der Waals surface area contributed by atoms with Crippen molar-refractivity contribution in [1.82, 2.24) is 19.7 Å². The second-order valence-corrected chi connectivity index (χ2v) is 4.39. The molecule has 0 saturated carbocycles. The lowest BCUT2D eigenvalue weighted by atomic mass is 10.1. The van der Waals surface area contributed by atoms with Crippen molar-refractivity contribution in [3.05, 3.63) is 48.4 Å². The van der Waals surface area contributed by atoms with Gasteiger partial charge in [-0.25, -0.2) is 9.97 Å². The zero-order valence-electron chi connectivity index (χ0n) is 11.2. The Morgan fingerprint density at radius 3 is 2.75 bits per heavy atom. The molecule has 2 aromatic heterocycles. The molecule has 3 rings (SSSR count). The first-order valence-corrected chi connectivity index (χ1v) is 6.25.